The summed E-state index contributed by atoms with van der Waals surface area (Å²) in [4.78, 5) is 18.1. The SMILES string of the molecule is CCNc1nc(Nc2cc(F)c(C=O)cc2OC)ncc1C(F)(F)F. The lowest BCUT2D eigenvalue weighted by Crippen LogP contribution is -2.14. The average Bonchev–Trinajstić information content (AvgIpc) is 2.54. The molecule has 2 aromatic rings. The highest BCUT2D eigenvalue weighted by atomic mass is 19.4. The van der Waals surface area contributed by atoms with Gasteiger partial charge in [0.05, 0.1) is 18.4 Å². The molecule has 0 bridgehead atoms. The molecule has 0 aliphatic rings. The van der Waals surface area contributed by atoms with Gasteiger partial charge in [-0.1, -0.05) is 0 Å². The molecule has 10 heteroatoms. The fourth-order valence-electron chi connectivity index (χ4n) is 2.00. The molecule has 0 saturated carbocycles. The molecule has 25 heavy (non-hydrogen) atoms. The van der Waals surface area contributed by atoms with Crippen LogP contribution in [0, 0.1) is 5.82 Å². The normalized spacial score (nSPS) is 11.1. The number of carbonyl (C=O) groups excluding carboxylic acids is 1. The van der Waals surface area contributed by atoms with Gasteiger partial charge in [-0.25, -0.2) is 9.37 Å². The lowest BCUT2D eigenvalue weighted by molar-refractivity contribution is -0.137. The summed E-state index contributed by atoms with van der Waals surface area (Å²) < 4.78 is 57.6. The number of nitrogens with one attached hydrogen (secondary N) is 2. The largest absolute Gasteiger partial charge is 0.495 e. The zero-order valence-corrected chi connectivity index (χ0v) is 13.2. The van der Waals surface area contributed by atoms with Crippen molar-refractivity contribution in [2.24, 2.45) is 0 Å². The second kappa shape index (κ2) is 7.32. The molecule has 0 spiro atoms. The summed E-state index contributed by atoms with van der Waals surface area (Å²) >= 11 is 0. The first-order valence-electron chi connectivity index (χ1n) is 7.08. The number of carbonyl (C=O) groups is 1. The molecule has 6 nitrogen and oxygen atoms in total. The summed E-state index contributed by atoms with van der Waals surface area (Å²) in [6.45, 7) is 1.83. The molecule has 1 aromatic heterocycles. The van der Waals surface area contributed by atoms with E-state index in [-0.39, 0.29) is 29.5 Å². The van der Waals surface area contributed by atoms with Crippen LogP contribution in [-0.2, 0) is 6.18 Å². The van der Waals surface area contributed by atoms with Crippen molar-refractivity contribution in [1.82, 2.24) is 9.97 Å². The summed E-state index contributed by atoms with van der Waals surface area (Å²) in [6.07, 6.45) is -3.68. The van der Waals surface area contributed by atoms with Crippen LogP contribution >= 0.6 is 0 Å². The minimum absolute atomic E-state index is 0.0628. The van der Waals surface area contributed by atoms with E-state index in [0.717, 1.165) is 12.1 Å². The van der Waals surface area contributed by atoms with Crippen LogP contribution in [0.15, 0.2) is 18.3 Å². The lowest BCUT2D eigenvalue weighted by atomic mass is 10.2. The predicted octanol–water partition coefficient (Wildman–Crippen LogP) is 3.63. The Hall–Kier alpha value is -2.91. The van der Waals surface area contributed by atoms with Crippen molar-refractivity contribution >= 4 is 23.7 Å². The van der Waals surface area contributed by atoms with Crippen LogP contribution in [0.4, 0.5) is 35.0 Å². The van der Waals surface area contributed by atoms with Crippen LogP contribution in [0.2, 0.25) is 0 Å². The fraction of sp³-hybridized carbons (Fsp3) is 0.267. The molecule has 134 valence electrons. The smallest absolute Gasteiger partial charge is 0.421 e. The van der Waals surface area contributed by atoms with E-state index in [1.54, 1.807) is 6.92 Å². The number of benzene rings is 1. The summed E-state index contributed by atoms with van der Waals surface area (Å²) in [5.74, 6) is -1.31. The Bertz CT molecular complexity index is 781. The van der Waals surface area contributed by atoms with Gasteiger partial charge in [-0.15, -0.1) is 0 Å². The van der Waals surface area contributed by atoms with E-state index in [9.17, 15) is 22.4 Å². The molecule has 0 aliphatic heterocycles. The van der Waals surface area contributed by atoms with E-state index in [2.05, 4.69) is 20.6 Å². The van der Waals surface area contributed by atoms with E-state index in [4.69, 9.17) is 4.74 Å². The quantitative estimate of drug-likeness (QED) is 0.607. The number of methoxy groups -OCH3 is 1. The van der Waals surface area contributed by atoms with Crippen LogP contribution in [0.1, 0.15) is 22.8 Å². The molecule has 1 aromatic carbocycles. The maximum atomic E-state index is 13.8. The highest BCUT2D eigenvalue weighted by Crippen LogP contribution is 2.35. The second-order valence-corrected chi connectivity index (χ2v) is 4.80. The molecule has 1 heterocycles. The first-order valence-corrected chi connectivity index (χ1v) is 7.08. The molecule has 0 unspecified atom stereocenters. The first-order chi connectivity index (χ1) is 11.8. The molecule has 2 rings (SSSR count). The maximum absolute atomic E-state index is 13.8. The van der Waals surface area contributed by atoms with Crippen LogP contribution in [-0.4, -0.2) is 29.9 Å². The number of alkyl halides is 3. The fourth-order valence-corrected chi connectivity index (χ4v) is 2.00. The topological polar surface area (TPSA) is 76.1 Å². The highest BCUT2D eigenvalue weighted by Gasteiger charge is 2.35. The molecule has 0 amide bonds. The van der Waals surface area contributed by atoms with Gasteiger partial charge in [-0.05, 0) is 13.0 Å². The molecular formula is C15H14F4N4O2. The third-order valence-electron chi connectivity index (χ3n) is 3.13. The van der Waals surface area contributed by atoms with Crippen LogP contribution in [0.5, 0.6) is 5.75 Å². The predicted molar refractivity (Wildman–Crippen MR) is 82.8 cm³/mol. The Morgan fingerprint density at radius 1 is 1.32 bits per heavy atom. The minimum Gasteiger partial charge on any atom is -0.495 e. The molecule has 0 aliphatic carbocycles. The number of ether oxygens (including phenoxy) is 1. The highest BCUT2D eigenvalue weighted by molar-refractivity contribution is 5.79. The third kappa shape index (κ3) is 4.14. The molecule has 0 fully saturated rings. The van der Waals surface area contributed by atoms with E-state index in [0.29, 0.717) is 12.5 Å². The number of aromatic nitrogens is 2. The van der Waals surface area contributed by atoms with Gasteiger partial charge in [0, 0.05) is 18.8 Å². The van der Waals surface area contributed by atoms with Crippen molar-refractivity contribution in [2.45, 2.75) is 13.1 Å². The Morgan fingerprint density at radius 2 is 2.04 bits per heavy atom. The van der Waals surface area contributed by atoms with E-state index < -0.39 is 23.4 Å². The number of aldehydes is 1. The molecule has 0 atom stereocenters. The molecule has 0 saturated heterocycles. The van der Waals surface area contributed by atoms with Crippen LogP contribution in [0.25, 0.3) is 0 Å². The van der Waals surface area contributed by atoms with E-state index in [1.165, 1.54) is 7.11 Å². The van der Waals surface area contributed by atoms with Crippen molar-refractivity contribution in [3.63, 3.8) is 0 Å². The summed E-state index contributed by atoms with van der Waals surface area (Å²) in [5, 5.41) is 5.09. The number of hydrogen-bond donors (Lipinski definition) is 2. The van der Waals surface area contributed by atoms with Crippen molar-refractivity contribution in [2.75, 3.05) is 24.3 Å². The number of hydrogen-bond acceptors (Lipinski definition) is 6. The van der Waals surface area contributed by atoms with Gasteiger partial charge in [0.15, 0.2) is 6.29 Å². The van der Waals surface area contributed by atoms with Crippen molar-refractivity contribution in [3.8, 4) is 5.75 Å². The summed E-state index contributed by atoms with van der Waals surface area (Å²) in [6, 6.07) is 2.12. The van der Waals surface area contributed by atoms with Crippen molar-refractivity contribution in [1.29, 1.82) is 0 Å². The van der Waals surface area contributed by atoms with Crippen molar-refractivity contribution < 1.29 is 27.1 Å². The number of nitrogens with zero attached hydrogens (tertiary/aromatic N) is 2. The monoisotopic (exact) mass is 358 g/mol. The van der Waals surface area contributed by atoms with Gasteiger partial charge >= 0.3 is 6.18 Å². The Balaban J connectivity index is 2.42. The Morgan fingerprint density at radius 3 is 2.60 bits per heavy atom. The molecule has 2 N–H and O–H groups in total. The second-order valence-electron chi connectivity index (χ2n) is 4.80. The molecule has 0 radical (unpaired) electrons. The van der Waals surface area contributed by atoms with Gasteiger partial charge in [0.1, 0.15) is 22.9 Å². The van der Waals surface area contributed by atoms with Gasteiger partial charge in [0.25, 0.3) is 0 Å². The first kappa shape index (κ1) is 18.4. The molecular weight excluding hydrogens is 344 g/mol. The van der Waals surface area contributed by atoms with E-state index in [1.807, 2.05) is 0 Å². The van der Waals surface area contributed by atoms with E-state index >= 15 is 0 Å². The van der Waals surface area contributed by atoms with Gasteiger partial charge in [-0.2, -0.15) is 18.2 Å². The van der Waals surface area contributed by atoms with Gasteiger partial charge < -0.3 is 15.4 Å². The Labute approximate surface area is 140 Å². The standard InChI is InChI=1S/C15H14F4N4O2/c1-3-20-13-9(15(17,18)19)6-21-14(23-13)22-11-5-10(16)8(7-24)4-12(11)25-2/h4-7H,3H2,1-2H3,(H2,20,21,22,23). The van der Waals surface area contributed by atoms with Crippen LogP contribution in [0.3, 0.4) is 0 Å². The number of anilines is 3. The minimum atomic E-state index is -4.62. The maximum Gasteiger partial charge on any atom is 0.421 e. The summed E-state index contributed by atoms with van der Waals surface area (Å²) in [5.41, 5.74) is -1.17. The zero-order chi connectivity index (χ0) is 18.6. The summed E-state index contributed by atoms with van der Waals surface area (Å²) in [7, 11) is 1.30. The number of rotatable bonds is 6. The van der Waals surface area contributed by atoms with Gasteiger partial charge in [-0.3, -0.25) is 4.79 Å². The van der Waals surface area contributed by atoms with Crippen molar-refractivity contribution in [3.05, 3.63) is 35.3 Å². The average molecular weight is 358 g/mol. The Kier molecular flexibility index (Phi) is 5.40. The lowest BCUT2D eigenvalue weighted by Gasteiger charge is -2.15. The van der Waals surface area contributed by atoms with Crippen LogP contribution < -0.4 is 15.4 Å². The van der Waals surface area contributed by atoms with Gasteiger partial charge in [0.2, 0.25) is 5.95 Å². The third-order valence-corrected chi connectivity index (χ3v) is 3.13. The zero-order valence-electron chi connectivity index (χ0n) is 13.2. The number of halogens is 4.